The molecule has 0 aliphatic carbocycles. The van der Waals surface area contributed by atoms with Crippen LogP contribution in [0.2, 0.25) is 0 Å². The van der Waals surface area contributed by atoms with Gasteiger partial charge in [0.05, 0.1) is 22.9 Å². The quantitative estimate of drug-likeness (QED) is 0.389. The number of ether oxygens (including phenoxy) is 3. The smallest absolute Gasteiger partial charge is 0.321 e. The fourth-order valence-corrected chi connectivity index (χ4v) is 2.97. The van der Waals surface area contributed by atoms with Gasteiger partial charge in [-0.3, -0.25) is 19.2 Å². The fraction of sp³-hybridized carbons (Fsp3) is 0.630. The zero-order valence-corrected chi connectivity index (χ0v) is 23.1. The van der Waals surface area contributed by atoms with Crippen molar-refractivity contribution in [2.75, 3.05) is 6.61 Å². The molecule has 0 saturated heterocycles. The molecule has 3 atom stereocenters. The normalized spacial score (nSPS) is 14.9. The molecule has 0 spiro atoms. The van der Waals surface area contributed by atoms with Gasteiger partial charge in [0.2, 0.25) is 0 Å². The lowest BCUT2D eigenvalue weighted by Crippen LogP contribution is -2.41. The number of benzene rings is 1. The third-order valence-electron chi connectivity index (χ3n) is 5.36. The van der Waals surface area contributed by atoms with Gasteiger partial charge in [-0.05, 0) is 85.9 Å². The van der Waals surface area contributed by atoms with Gasteiger partial charge in [-0.1, -0.05) is 13.0 Å². The van der Waals surface area contributed by atoms with E-state index in [9.17, 15) is 24.3 Å². The van der Waals surface area contributed by atoms with Crippen LogP contribution in [0, 0.1) is 22.2 Å². The van der Waals surface area contributed by atoms with Crippen molar-refractivity contribution in [2.24, 2.45) is 27.9 Å². The lowest BCUT2D eigenvalue weighted by atomic mass is 9.82. The topological polar surface area (TPSA) is 142 Å². The number of carbonyl (C=O) groups excluding carboxylic acids is 3. The van der Waals surface area contributed by atoms with E-state index >= 15 is 0 Å². The number of carbonyl (C=O) groups is 4. The Kier molecular flexibility index (Phi) is 9.86. The van der Waals surface area contributed by atoms with Crippen molar-refractivity contribution in [3.63, 3.8) is 0 Å². The van der Waals surface area contributed by atoms with Crippen molar-refractivity contribution >= 4 is 23.9 Å². The van der Waals surface area contributed by atoms with E-state index in [1.165, 1.54) is 12.1 Å². The molecule has 3 N–H and O–H groups in total. The molecule has 202 valence electrons. The van der Waals surface area contributed by atoms with E-state index in [1.54, 1.807) is 75.3 Å². The van der Waals surface area contributed by atoms with E-state index in [2.05, 4.69) is 0 Å². The van der Waals surface area contributed by atoms with Crippen LogP contribution in [-0.4, -0.2) is 41.6 Å². The Bertz CT molecular complexity index is 979. The molecule has 0 aliphatic rings. The van der Waals surface area contributed by atoms with Gasteiger partial charge in [0.1, 0.15) is 6.04 Å². The monoisotopic (exact) mass is 507 g/mol. The maximum absolute atomic E-state index is 12.7. The summed E-state index contributed by atoms with van der Waals surface area (Å²) in [5.74, 6) is -4.11. The second-order valence-corrected chi connectivity index (χ2v) is 12.2. The lowest BCUT2D eigenvalue weighted by Gasteiger charge is -2.29. The van der Waals surface area contributed by atoms with Crippen LogP contribution in [0.25, 0.3) is 0 Å². The molecule has 9 heteroatoms. The lowest BCUT2D eigenvalue weighted by molar-refractivity contribution is -0.154. The highest BCUT2D eigenvalue weighted by Crippen LogP contribution is 2.37. The maximum Gasteiger partial charge on any atom is 0.321 e. The number of carboxylic acids is 1. The Hall–Kier alpha value is -2.94. The number of carboxylic acid groups (broad SMARTS) is 1. The summed E-state index contributed by atoms with van der Waals surface area (Å²) in [4.78, 5) is 49.3. The summed E-state index contributed by atoms with van der Waals surface area (Å²) in [7, 11) is 0. The summed E-state index contributed by atoms with van der Waals surface area (Å²) < 4.78 is 16.5. The van der Waals surface area contributed by atoms with Gasteiger partial charge < -0.3 is 25.1 Å². The molecule has 0 fully saturated rings. The van der Waals surface area contributed by atoms with Gasteiger partial charge in [0.25, 0.3) is 0 Å². The summed E-state index contributed by atoms with van der Waals surface area (Å²) in [6.45, 7) is 16.9. The summed E-state index contributed by atoms with van der Waals surface area (Å²) in [6, 6.07) is 3.11. The van der Waals surface area contributed by atoms with E-state index in [4.69, 9.17) is 19.9 Å². The average molecular weight is 508 g/mol. The van der Waals surface area contributed by atoms with Crippen molar-refractivity contribution in [3.05, 3.63) is 23.8 Å². The molecular formula is C27H41NO8. The van der Waals surface area contributed by atoms with Crippen LogP contribution in [-0.2, 0) is 23.9 Å². The summed E-state index contributed by atoms with van der Waals surface area (Å²) in [6.07, 6.45) is 0. The van der Waals surface area contributed by atoms with E-state index in [1.807, 2.05) is 0 Å². The zero-order chi connectivity index (χ0) is 28.2. The van der Waals surface area contributed by atoms with E-state index in [-0.39, 0.29) is 18.1 Å². The highest BCUT2D eigenvalue weighted by Gasteiger charge is 2.35. The van der Waals surface area contributed by atoms with Crippen molar-refractivity contribution in [1.82, 2.24) is 0 Å². The van der Waals surface area contributed by atoms with Gasteiger partial charge in [0, 0.05) is 5.92 Å². The van der Waals surface area contributed by atoms with Crippen molar-refractivity contribution in [3.8, 4) is 11.5 Å². The average Bonchev–Trinajstić information content (AvgIpc) is 2.71. The molecule has 0 aromatic heterocycles. The first-order valence-electron chi connectivity index (χ1n) is 11.9. The van der Waals surface area contributed by atoms with Gasteiger partial charge in [0.15, 0.2) is 11.5 Å². The highest BCUT2D eigenvalue weighted by atomic mass is 16.6. The maximum atomic E-state index is 12.7. The Labute approximate surface area is 213 Å². The molecule has 0 heterocycles. The molecular weight excluding hydrogens is 466 g/mol. The molecule has 9 nitrogen and oxygen atoms in total. The Morgan fingerprint density at radius 1 is 0.806 bits per heavy atom. The van der Waals surface area contributed by atoms with Crippen molar-refractivity contribution in [2.45, 2.75) is 81.2 Å². The minimum Gasteiger partial charge on any atom is -0.480 e. The molecule has 1 aromatic carbocycles. The van der Waals surface area contributed by atoms with E-state index < -0.39 is 58.0 Å². The van der Waals surface area contributed by atoms with Crippen LogP contribution in [0.4, 0.5) is 0 Å². The molecule has 0 saturated carbocycles. The summed E-state index contributed by atoms with van der Waals surface area (Å²) in [5, 5.41) is 9.67. The number of hydrogen-bond donors (Lipinski definition) is 2. The van der Waals surface area contributed by atoms with Crippen molar-refractivity contribution < 1.29 is 38.5 Å². The number of esters is 3. The Morgan fingerprint density at radius 2 is 1.25 bits per heavy atom. The summed E-state index contributed by atoms with van der Waals surface area (Å²) in [5.41, 5.74) is 4.08. The number of aliphatic carboxylic acids is 1. The first-order chi connectivity index (χ1) is 16.2. The van der Waals surface area contributed by atoms with Gasteiger partial charge in [-0.2, -0.15) is 0 Å². The second-order valence-electron chi connectivity index (χ2n) is 12.2. The van der Waals surface area contributed by atoms with Crippen LogP contribution in [0.5, 0.6) is 11.5 Å². The van der Waals surface area contributed by atoms with Crippen molar-refractivity contribution in [1.29, 1.82) is 0 Å². The predicted molar refractivity (Wildman–Crippen MR) is 135 cm³/mol. The number of nitrogens with two attached hydrogens (primary N) is 1. The highest BCUT2D eigenvalue weighted by molar-refractivity contribution is 5.81. The number of rotatable bonds is 8. The minimum atomic E-state index is -1.34. The molecule has 36 heavy (non-hydrogen) atoms. The summed E-state index contributed by atoms with van der Waals surface area (Å²) >= 11 is 0. The van der Waals surface area contributed by atoms with Crippen LogP contribution in [0.15, 0.2) is 18.2 Å². The zero-order valence-electron chi connectivity index (χ0n) is 23.1. The SMILES string of the molecule is CC(COC(=O)C(C)(C)C)C(c1ccc(OC(=O)C(C)(C)C)c(OC(=O)C(C)(C)C)c1)[C@H](N)C(=O)O. The molecule has 0 amide bonds. The predicted octanol–water partition coefficient (Wildman–Crippen LogP) is 4.31. The van der Waals surface area contributed by atoms with Crippen LogP contribution >= 0.6 is 0 Å². The largest absolute Gasteiger partial charge is 0.480 e. The molecule has 1 rings (SSSR count). The molecule has 1 aromatic rings. The molecule has 0 bridgehead atoms. The third kappa shape index (κ3) is 8.62. The van der Waals surface area contributed by atoms with E-state index in [0.29, 0.717) is 5.56 Å². The fourth-order valence-electron chi connectivity index (χ4n) is 2.97. The van der Waals surface area contributed by atoms with E-state index in [0.717, 1.165) is 0 Å². The molecule has 2 unspecified atom stereocenters. The van der Waals surface area contributed by atoms with Crippen LogP contribution < -0.4 is 15.2 Å². The molecule has 0 radical (unpaired) electrons. The Balaban J connectivity index is 3.50. The van der Waals surface area contributed by atoms with Gasteiger partial charge in [-0.25, -0.2) is 0 Å². The first kappa shape index (κ1) is 31.1. The van der Waals surface area contributed by atoms with Gasteiger partial charge >= 0.3 is 23.9 Å². The second kappa shape index (κ2) is 11.4. The number of hydrogen-bond acceptors (Lipinski definition) is 8. The minimum absolute atomic E-state index is 0.0192. The Morgan fingerprint density at radius 3 is 1.67 bits per heavy atom. The third-order valence-corrected chi connectivity index (χ3v) is 5.36. The van der Waals surface area contributed by atoms with Crippen LogP contribution in [0.1, 0.15) is 80.7 Å². The van der Waals surface area contributed by atoms with Crippen LogP contribution in [0.3, 0.4) is 0 Å². The standard InChI is InChI=1S/C27H41NO8/c1-15(14-34-22(31)25(2,3)4)19(20(28)21(29)30)16-11-12-17(35-23(32)26(5,6)7)18(13-16)36-24(33)27(8,9)10/h11-13,15,19-20H,14,28H2,1-10H3,(H,29,30)/t15?,19?,20-/m0/s1. The molecule has 0 aliphatic heterocycles. The first-order valence-corrected chi connectivity index (χ1v) is 11.9. The van der Waals surface area contributed by atoms with Gasteiger partial charge in [-0.15, -0.1) is 0 Å².